The molecule has 0 unspecified atom stereocenters. The van der Waals surface area contributed by atoms with Gasteiger partial charge in [0.2, 0.25) is 0 Å². The number of carbonyl (C=O) groups excluding carboxylic acids is 1. The molecule has 1 aromatic heterocycles. The van der Waals surface area contributed by atoms with Crippen LogP contribution in [0.15, 0.2) is 64.0 Å². The van der Waals surface area contributed by atoms with Gasteiger partial charge in [-0.25, -0.2) is 4.39 Å². The number of likely N-dealkylation sites (tertiary alicyclic amines) is 1. The highest BCUT2D eigenvalue weighted by Crippen LogP contribution is 2.22. The summed E-state index contributed by atoms with van der Waals surface area (Å²) in [6.07, 6.45) is 3.90. The van der Waals surface area contributed by atoms with Crippen LogP contribution in [0.3, 0.4) is 0 Å². The average Bonchev–Trinajstić information content (AvgIpc) is 2.77. The Labute approximate surface area is 174 Å². The summed E-state index contributed by atoms with van der Waals surface area (Å²) in [4.78, 5) is 26.6. The number of hydrogen-bond acceptors (Lipinski definition) is 5. The lowest BCUT2D eigenvalue weighted by molar-refractivity contribution is 0.0835. The van der Waals surface area contributed by atoms with Crippen LogP contribution in [-0.4, -0.2) is 36.9 Å². The van der Waals surface area contributed by atoms with Crippen molar-refractivity contribution in [1.29, 1.82) is 0 Å². The molecule has 0 aliphatic carbocycles. The van der Waals surface area contributed by atoms with Crippen molar-refractivity contribution < 1.29 is 18.3 Å². The van der Waals surface area contributed by atoms with E-state index >= 15 is 0 Å². The number of Topliss-reactive ketones (excluding diaryl/α,β-unsaturated/α-hetero) is 1. The number of piperidine rings is 1. The first-order chi connectivity index (χ1) is 14.6. The summed E-state index contributed by atoms with van der Waals surface area (Å²) in [7, 11) is 0. The van der Waals surface area contributed by atoms with Gasteiger partial charge in [0.15, 0.2) is 11.2 Å². The molecule has 0 bridgehead atoms. The summed E-state index contributed by atoms with van der Waals surface area (Å²) in [5, 5.41) is 0.544. The topological polar surface area (TPSA) is 59.8 Å². The first kappa shape index (κ1) is 20.3. The van der Waals surface area contributed by atoms with Gasteiger partial charge in [-0.1, -0.05) is 0 Å². The summed E-state index contributed by atoms with van der Waals surface area (Å²) in [5.74, 6) is 0.480. The van der Waals surface area contributed by atoms with Crippen LogP contribution in [0, 0.1) is 11.7 Å². The zero-order valence-electron chi connectivity index (χ0n) is 16.7. The number of benzene rings is 2. The molecular formula is C24H24FNO4. The Morgan fingerprint density at radius 1 is 1.10 bits per heavy atom. The van der Waals surface area contributed by atoms with Gasteiger partial charge in [-0.2, -0.15) is 0 Å². The third-order valence-corrected chi connectivity index (χ3v) is 5.61. The van der Waals surface area contributed by atoms with E-state index in [1.807, 2.05) is 0 Å². The van der Waals surface area contributed by atoms with Gasteiger partial charge in [0.1, 0.15) is 17.1 Å². The first-order valence-electron chi connectivity index (χ1n) is 10.3. The van der Waals surface area contributed by atoms with Gasteiger partial charge in [0, 0.05) is 30.2 Å². The van der Waals surface area contributed by atoms with Crippen LogP contribution >= 0.6 is 0 Å². The van der Waals surface area contributed by atoms with Gasteiger partial charge in [0.25, 0.3) is 0 Å². The second-order valence-corrected chi connectivity index (χ2v) is 7.63. The van der Waals surface area contributed by atoms with E-state index in [0.29, 0.717) is 28.9 Å². The molecule has 0 spiro atoms. The zero-order valence-corrected chi connectivity index (χ0v) is 16.7. The van der Waals surface area contributed by atoms with Crippen molar-refractivity contribution in [2.75, 3.05) is 26.2 Å². The van der Waals surface area contributed by atoms with Crippen LogP contribution in [0.1, 0.15) is 29.6 Å². The minimum absolute atomic E-state index is 0.00946. The molecule has 0 saturated carbocycles. The summed E-state index contributed by atoms with van der Waals surface area (Å²) in [6.45, 7) is 3.22. The van der Waals surface area contributed by atoms with Crippen LogP contribution in [0.4, 0.5) is 4.39 Å². The summed E-state index contributed by atoms with van der Waals surface area (Å²) in [6, 6.07) is 12.5. The lowest BCUT2D eigenvalue weighted by Crippen LogP contribution is -2.37. The Bertz CT molecular complexity index is 1070. The molecule has 2 heterocycles. The van der Waals surface area contributed by atoms with E-state index < -0.39 is 0 Å². The SMILES string of the molecule is O=C(c1ccc(F)cc1)C1CCN(CCCOc2ccc3c(=O)ccoc3c2)CC1. The lowest BCUT2D eigenvalue weighted by Gasteiger charge is -2.31. The van der Waals surface area contributed by atoms with Gasteiger partial charge in [0.05, 0.1) is 18.3 Å². The zero-order chi connectivity index (χ0) is 20.9. The number of fused-ring (bicyclic) bond motifs is 1. The van der Waals surface area contributed by atoms with Crippen molar-refractivity contribution in [2.24, 2.45) is 5.92 Å². The average molecular weight is 409 g/mol. The molecule has 0 amide bonds. The standard InChI is InChI=1S/C24H24FNO4/c25-19-4-2-17(3-5-19)24(28)18-8-12-26(13-9-18)11-1-14-29-20-6-7-21-22(27)10-15-30-23(21)16-20/h2-7,10,15-16,18H,1,8-9,11-14H2. The molecule has 156 valence electrons. The van der Waals surface area contributed by atoms with Crippen LogP contribution in [-0.2, 0) is 0 Å². The van der Waals surface area contributed by atoms with Gasteiger partial charge < -0.3 is 14.1 Å². The highest BCUT2D eigenvalue weighted by molar-refractivity contribution is 5.97. The van der Waals surface area contributed by atoms with E-state index in [4.69, 9.17) is 9.15 Å². The highest BCUT2D eigenvalue weighted by Gasteiger charge is 2.25. The van der Waals surface area contributed by atoms with E-state index in [9.17, 15) is 14.0 Å². The fourth-order valence-electron chi connectivity index (χ4n) is 3.90. The van der Waals surface area contributed by atoms with Gasteiger partial charge in [-0.3, -0.25) is 9.59 Å². The second kappa shape index (κ2) is 9.22. The van der Waals surface area contributed by atoms with Gasteiger partial charge in [-0.05, 0) is 68.8 Å². The molecule has 0 N–H and O–H groups in total. The number of nitrogens with zero attached hydrogens (tertiary/aromatic N) is 1. The molecule has 0 atom stereocenters. The Balaban J connectivity index is 1.20. The van der Waals surface area contributed by atoms with Crippen molar-refractivity contribution in [3.8, 4) is 5.75 Å². The maximum Gasteiger partial charge on any atom is 0.192 e. The van der Waals surface area contributed by atoms with Crippen LogP contribution < -0.4 is 10.2 Å². The Hall–Kier alpha value is -2.99. The molecule has 6 heteroatoms. The van der Waals surface area contributed by atoms with Crippen molar-refractivity contribution in [3.63, 3.8) is 0 Å². The highest BCUT2D eigenvalue weighted by atomic mass is 19.1. The van der Waals surface area contributed by atoms with E-state index in [-0.39, 0.29) is 22.9 Å². The fourth-order valence-corrected chi connectivity index (χ4v) is 3.90. The number of hydrogen-bond donors (Lipinski definition) is 0. The number of rotatable bonds is 7. The Morgan fingerprint density at radius 3 is 2.63 bits per heavy atom. The number of ether oxygens (including phenoxy) is 1. The van der Waals surface area contributed by atoms with Gasteiger partial charge in [-0.15, -0.1) is 0 Å². The molecule has 3 aromatic rings. The largest absolute Gasteiger partial charge is 0.493 e. The summed E-state index contributed by atoms with van der Waals surface area (Å²) in [5.41, 5.74) is 1.05. The quantitative estimate of drug-likeness (QED) is 0.430. The maximum absolute atomic E-state index is 13.0. The van der Waals surface area contributed by atoms with E-state index in [1.54, 1.807) is 30.3 Å². The van der Waals surface area contributed by atoms with Crippen LogP contribution in [0.5, 0.6) is 5.75 Å². The lowest BCUT2D eigenvalue weighted by atomic mass is 9.89. The minimum atomic E-state index is -0.322. The normalized spacial score (nSPS) is 15.4. The second-order valence-electron chi connectivity index (χ2n) is 7.63. The number of halogens is 1. The molecular weight excluding hydrogens is 385 g/mol. The van der Waals surface area contributed by atoms with Crippen molar-refractivity contribution in [2.45, 2.75) is 19.3 Å². The van der Waals surface area contributed by atoms with Crippen LogP contribution in [0.25, 0.3) is 11.0 Å². The molecule has 4 rings (SSSR count). The summed E-state index contributed by atoms with van der Waals surface area (Å²) < 4.78 is 24.2. The summed E-state index contributed by atoms with van der Waals surface area (Å²) >= 11 is 0. The molecule has 2 aromatic carbocycles. The maximum atomic E-state index is 13.0. The number of carbonyl (C=O) groups is 1. The smallest absolute Gasteiger partial charge is 0.192 e. The monoisotopic (exact) mass is 409 g/mol. The third-order valence-electron chi connectivity index (χ3n) is 5.61. The molecule has 1 fully saturated rings. The van der Waals surface area contributed by atoms with Crippen molar-refractivity contribution >= 4 is 16.8 Å². The number of ketones is 1. The molecule has 5 nitrogen and oxygen atoms in total. The molecule has 1 aliphatic heterocycles. The molecule has 1 saturated heterocycles. The Morgan fingerprint density at radius 2 is 1.87 bits per heavy atom. The van der Waals surface area contributed by atoms with Gasteiger partial charge >= 0.3 is 0 Å². The molecule has 1 aliphatic rings. The predicted octanol–water partition coefficient (Wildman–Crippen LogP) is 4.30. The molecule has 0 radical (unpaired) electrons. The first-order valence-corrected chi connectivity index (χ1v) is 10.3. The van der Waals surface area contributed by atoms with E-state index in [2.05, 4.69) is 4.90 Å². The van der Waals surface area contributed by atoms with Crippen LogP contribution in [0.2, 0.25) is 0 Å². The fraction of sp³-hybridized carbons (Fsp3) is 0.333. The van der Waals surface area contributed by atoms with E-state index in [1.165, 1.54) is 24.5 Å². The van der Waals surface area contributed by atoms with E-state index in [0.717, 1.165) is 38.9 Å². The molecule has 30 heavy (non-hydrogen) atoms. The Kier molecular flexibility index (Phi) is 6.23. The van der Waals surface area contributed by atoms with Crippen molar-refractivity contribution in [1.82, 2.24) is 4.90 Å². The minimum Gasteiger partial charge on any atom is -0.493 e. The predicted molar refractivity (Wildman–Crippen MR) is 112 cm³/mol. The van der Waals surface area contributed by atoms with Crippen molar-refractivity contribution in [3.05, 3.63) is 76.4 Å². The third kappa shape index (κ3) is 4.76.